The van der Waals surface area contributed by atoms with E-state index in [1.165, 1.54) is 6.92 Å². The van der Waals surface area contributed by atoms with Gasteiger partial charge in [-0.2, -0.15) is 18.4 Å². The molecule has 2 rings (SSSR count). The Hall–Kier alpha value is -2.36. The largest absolute Gasteiger partial charge is 0.462 e. The van der Waals surface area contributed by atoms with E-state index in [0.717, 1.165) is 35.6 Å². The van der Waals surface area contributed by atoms with Crippen LogP contribution in [0.5, 0.6) is 0 Å². The van der Waals surface area contributed by atoms with Crippen molar-refractivity contribution in [3.8, 4) is 6.07 Å². The van der Waals surface area contributed by atoms with Gasteiger partial charge in [-0.3, -0.25) is 0 Å². The van der Waals surface area contributed by atoms with Crippen LogP contribution in [0.15, 0.2) is 11.1 Å². The first-order chi connectivity index (χ1) is 14.7. The van der Waals surface area contributed by atoms with E-state index in [1.807, 2.05) is 6.07 Å². The summed E-state index contributed by atoms with van der Waals surface area (Å²) >= 11 is 2.02. The average Bonchev–Trinajstić information content (AvgIpc) is 3.12. The summed E-state index contributed by atoms with van der Waals surface area (Å²) in [7, 11) is 1.59. The highest BCUT2D eigenvalue weighted by atomic mass is 32.2. The van der Waals surface area contributed by atoms with Gasteiger partial charge in [0, 0.05) is 26.0 Å². The molecule has 0 aliphatic heterocycles. The first-order valence-electron chi connectivity index (χ1n) is 9.22. The molecule has 168 valence electrons. The summed E-state index contributed by atoms with van der Waals surface area (Å²) in [6.45, 7) is 4.40. The van der Waals surface area contributed by atoms with Gasteiger partial charge in [0.25, 0.3) is 0 Å². The fourth-order valence-corrected chi connectivity index (χ4v) is 4.45. The fourth-order valence-electron chi connectivity index (χ4n) is 2.46. The molecule has 0 amide bonds. The third-order valence-electron chi connectivity index (χ3n) is 3.89. The minimum Gasteiger partial charge on any atom is -0.462 e. The second kappa shape index (κ2) is 11.3. The standard InChI is InChI=1S/C19H21F3N4O3S2/c1-4-29-17(27)15-13(25-18(31-15)24-6-5-7-28-3)10-30-16-12(9-23)11(2)8-14(26-16)19(20,21)22/h8H,4-7,10H2,1-3H3,(H,24,25). The van der Waals surface area contributed by atoms with Gasteiger partial charge in [0.1, 0.15) is 21.7 Å². The van der Waals surface area contributed by atoms with Crippen LogP contribution in [0, 0.1) is 18.3 Å². The number of carbonyl (C=O) groups excluding carboxylic acids is 1. The molecule has 0 saturated carbocycles. The first-order valence-corrected chi connectivity index (χ1v) is 11.0. The smallest absolute Gasteiger partial charge is 0.433 e. The van der Waals surface area contributed by atoms with Gasteiger partial charge in [0.05, 0.1) is 17.9 Å². The van der Waals surface area contributed by atoms with Crippen molar-refractivity contribution in [1.29, 1.82) is 5.26 Å². The number of pyridine rings is 1. The van der Waals surface area contributed by atoms with Crippen molar-refractivity contribution in [2.24, 2.45) is 0 Å². The number of aryl methyl sites for hydroxylation is 1. The molecule has 0 radical (unpaired) electrons. The van der Waals surface area contributed by atoms with Crippen molar-refractivity contribution in [3.05, 3.63) is 33.5 Å². The third kappa shape index (κ3) is 6.81. The molecule has 0 saturated heterocycles. The molecule has 31 heavy (non-hydrogen) atoms. The van der Waals surface area contributed by atoms with Crippen molar-refractivity contribution < 1.29 is 27.4 Å². The number of rotatable bonds is 10. The van der Waals surface area contributed by atoms with E-state index in [-0.39, 0.29) is 33.4 Å². The number of alkyl halides is 3. The number of nitrogens with zero attached hydrogens (tertiary/aromatic N) is 3. The summed E-state index contributed by atoms with van der Waals surface area (Å²) in [6, 6.07) is 2.74. The van der Waals surface area contributed by atoms with E-state index in [2.05, 4.69) is 15.3 Å². The predicted octanol–water partition coefficient (Wildman–Crippen LogP) is 4.65. The minimum atomic E-state index is -4.63. The van der Waals surface area contributed by atoms with Crippen LogP contribution < -0.4 is 5.32 Å². The Bertz CT molecular complexity index is 958. The van der Waals surface area contributed by atoms with Crippen LogP contribution in [0.3, 0.4) is 0 Å². The number of methoxy groups -OCH3 is 1. The molecule has 0 aromatic carbocycles. The Kier molecular flexibility index (Phi) is 9.09. The van der Waals surface area contributed by atoms with Crippen LogP contribution >= 0.6 is 23.1 Å². The summed E-state index contributed by atoms with van der Waals surface area (Å²) in [4.78, 5) is 20.6. The normalized spacial score (nSPS) is 11.3. The lowest BCUT2D eigenvalue weighted by Crippen LogP contribution is -2.10. The Morgan fingerprint density at radius 2 is 2.13 bits per heavy atom. The zero-order chi connectivity index (χ0) is 23.0. The monoisotopic (exact) mass is 474 g/mol. The molecule has 0 bridgehead atoms. The maximum atomic E-state index is 13.1. The molecule has 0 spiro atoms. The Labute approximate surface area is 186 Å². The molecular weight excluding hydrogens is 453 g/mol. The quantitative estimate of drug-likeness (QED) is 0.302. The first kappa shape index (κ1) is 24.9. The van der Waals surface area contributed by atoms with Crippen molar-refractivity contribution in [2.45, 2.75) is 37.2 Å². The number of nitrogens with one attached hydrogen (secondary N) is 1. The second-order valence-electron chi connectivity index (χ2n) is 6.19. The van der Waals surface area contributed by atoms with Gasteiger partial charge in [-0.1, -0.05) is 23.1 Å². The molecule has 2 aromatic heterocycles. The number of thiazole rings is 1. The minimum absolute atomic E-state index is 0.0484. The molecule has 2 heterocycles. The molecule has 0 aliphatic rings. The van der Waals surface area contributed by atoms with Crippen molar-refractivity contribution in [3.63, 3.8) is 0 Å². The third-order valence-corrected chi connectivity index (χ3v) is 5.91. The number of carbonyl (C=O) groups is 1. The molecule has 2 aromatic rings. The number of ether oxygens (including phenoxy) is 2. The van der Waals surface area contributed by atoms with Crippen LogP contribution in [0.25, 0.3) is 0 Å². The molecule has 1 N–H and O–H groups in total. The Morgan fingerprint density at radius 1 is 1.39 bits per heavy atom. The Balaban J connectivity index is 2.29. The van der Waals surface area contributed by atoms with Crippen molar-refractivity contribution >= 4 is 34.2 Å². The molecule has 0 atom stereocenters. The van der Waals surface area contributed by atoms with Crippen LogP contribution in [-0.4, -0.2) is 42.8 Å². The average molecular weight is 475 g/mol. The van der Waals surface area contributed by atoms with E-state index in [9.17, 15) is 23.2 Å². The number of halogens is 3. The van der Waals surface area contributed by atoms with E-state index in [0.29, 0.717) is 24.0 Å². The van der Waals surface area contributed by atoms with Gasteiger partial charge in [0.2, 0.25) is 0 Å². The van der Waals surface area contributed by atoms with Gasteiger partial charge in [-0.05, 0) is 31.9 Å². The van der Waals surface area contributed by atoms with Gasteiger partial charge in [0.15, 0.2) is 5.13 Å². The summed E-state index contributed by atoms with van der Waals surface area (Å²) in [5.74, 6) is -0.512. The van der Waals surface area contributed by atoms with Gasteiger partial charge < -0.3 is 14.8 Å². The highest BCUT2D eigenvalue weighted by Gasteiger charge is 2.34. The van der Waals surface area contributed by atoms with Gasteiger partial charge in [-0.25, -0.2) is 14.8 Å². The predicted molar refractivity (Wildman–Crippen MR) is 111 cm³/mol. The maximum Gasteiger partial charge on any atom is 0.433 e. The van der Waals surface area contributed by atoms with Crippen LogP contribution in [0.4, 0.5) is 18.3 Å². The molecule has 0 fully saturated rings. The van der Waals surface area contributed by atoms with Crippen molar-refractivity contribution in [2.75, 3.05) is 32.2 Å². The molecule has 7 nitrogen and oxygen atoms in total. The highest BCUT2D eigenvalue weighted by Crippen LogP contribution is 2.35. The van der Waals surface area contributed by atoms with Crippen LogP contribution in [-0.2, 0) is 21.4 Å². The fraction of sp³-hybridized carbons (Fsp3) is 0.474. The second-order valence-corrected chi connectivity index (χ2v) is 8.15. The van der Waals surface area contributed by atoms with E-state index >= 15 is 0 Å². The van der Waals surface area contributed by atoms with E-state index in [4.69, 9.17) is 9.47 Å². The summed E-state index contributed by atoms with van der Waals surface area (Å²) in [5, 5.41) is 12.9. The lowest BCUT2D eigenvalue weighted by Gasteiger charge is -2.11. The molecule has 12 heteroatoms. The summed E-state index contributed by atoms with van der Waals surface area (Å²) in [6.07, 6.45) is -3.90. The molecule has 0 aliphatic carbocycles. The van der Waals surface area contributed by atoms with Crippen molar-refractivity contribution in [1.82, 2.24) is 9.97 Å². The molecule has 0 unspecified atom stereocenters. The van der Waals surface area contributed by atoms with E-state index < -0.39 is 17.8 Å². The number of hydrogen-bond donors (Lipinski definition) is 1. The summed E-state index contributed by atoms with van der Waals surface area (Å²) in [5.41, 5.74) is -0.486. The zero-order valence-electron chi connectivity index (χ0n) is 17.1. The van der Waals surface area contributed by atoms with Crippen LogP contribution in [0.1, 0.15) is 45.5 Å². The number of esters is 1. The lowest BCUT2D eigenvalue weighted by molar-refractivity contribution is -0.141. The zero-order valence-corrected chi connectivity index (χ0v) is 18.8. The highest BCUT2D eigenvalue weighted by molar-refractivity contribution is 7.98. The maximum absolute atomic E-state index is 13.1. The Morgan fingerprint density at radius 3 is 2.74 bits per heavy atom. The number of hydrogen-bond acceptors (Lipinski definition) is 9. The number of nitriles is 1. The van der Waals surface area contributed by atoms with E-state index in [1.54, 1.807) is 14.0 Å². The number of anilines is 1. The van der Waals surface area contributed by atoms with Gasteiger partial charge >= 0.3 is 12.1 Å². The molecular formula is C19H21F3N4O3S2. The summed E-state index contributed by atoms with van der Waals surface area (Å²) < 4.78 is 49.4. The number of aromatic nitrogens is 2. The van der Waals surface area contributed by atoms with Gasteiger partial charge in [-0.15, -0.1) is 0 Å². The van der Waals surface area contributed by atoms with Crippen LogP contribution in [0.2, 0.25) is 0 Å². The topological polar surface area (TPSA) is 97.1 Å². The SMILES string of the molecule is CCOC(=O)c1sc(NCCCOC)nc1CSc1nc(C(F)(F)F)cc(C)c1C#N. The number of thioether (sulfide) groups is 1. The lowest BCUT2D eigenvalue weighted by atomic mass is 10.1.